The molecule has 0 spiro atoms. The van der Waals surface area contributed by atoms with E-state index in [-0.39, 0.29) is 18.5 Å². The molecule has 0 aromatic rings. The molecule has 0 rings (SSSR count). The number of amides is 1. The molecule has 0 radical (unpaired) electrons. The standard InChI is InChI=1S/C64H123NO5/c1-3-5-7-9-11-13-15-36-40-44-48-52-56-62(67)61(60-66)65-63(68)57-53-49-45-41-37-34-32-30-28-26-24-22-20-18-17-19-21-23-25-27-29-31-33-35-39-43-47-51-55-59-70-64(69)58-54-50-46-42-38-16-14-12-10-8-6-4-2/h12,14,52,56,61-62,66-67H,3-11,13,15-51,53-55,57-60H2,1-2H3,(H,65,68)/b14-12-,56-52+. The zero-order valence-corrected chi connectivity index (χ0v) is 47.3. The first kappa shape index (κ1) is 68.3. The van der Waals surface area contributed by atoms with Crippen molar-refractivity contribution in [3.63, 3.8) is 0 Å². The van der Waals surface area contributed by atoms with Crippen LogP contribution in [-0.2, 0) is 14.3 Å². The summed E-state index contributed by atoms with van der Waals surface area (Å²) in [4.78, 5) is 24.4. The molecule has 2 unspecified atom stereocenters. The van der Waals surface area contributed by atoms with Gasteiger partial charge in [0.05, 0.1) is 25.4 Å². The van der Waals surface area contributed by atoms with Crippen molar-refractivity contribution in [2.24, 2.45) is 0 Å². The third kappa shape index (κ3) is 55.7. The molecule has 6 nitrogen and oxygen atoms in total. The Balaban J connectivity index is 3.34. The third-order valence-electron chi connectivity index (χ3n) is 14.7. The Morgan fingerprint density at radius 1 is 0.386 bits per heavy atom. The van der Waals surface area contributed by atoms with Crippen LogP contribution in [0.5, 0.6) is 0 Å². The molecule has 0 heterocycles. The predicted molar refractivity (Wildman–Crippen MR) is 306 cm³/mol. The minimum absolute atomic E-state index is 0.00912. The number of unbranched alkanes of at least 4 members (excludes halogenated alkanes) is 46. The van der Waals surface area contributed by atoms with E-state index in [4.69, 9.17) is 4.74 Å². The van der Waals surface area contributed by atoms with E-state index in [1.165, 1.54) is 276 Å². The molecule has 0 aliphatic heterocycles. The van der Waals surface area contributed by atoms with Gasteiger partial charge in [0.2, 0.25) is 5.91 Å². The number of carbonyl (C=O) groups is 2. The Morgan fingerprint density at radius 3 is 1.04 bits per heavy atom. The highest BCUT2D eigenvalue weighted by molar-refractivity contribution is 5.76. The van der Waals surface area contributed by atoms with E-state index in [1.807, 2.05) is 6.08 Å². The Hall–Kier alpha value is -1.66. The van der Waals surface area contributed by atoms with Crippen LogP contribution in [0.25, 0.3) is 0 Å². The monoisotopic (exact) mass is 986 g/mol. The summed E-state index contributed by atoms with van der Waals surface area (Å²) in [6.07, 6.45) is 73.8. The van der Waals surface area contributed by atoms with Gasteiger partial charge in [-0.15, -0.1) is 0 Å². The van der Waals surface area contributed by atoms with Gasteiger partial charge < -0.3 is 20.3 Å². The lowest BCUT2D eigenvalue weighted by molar-refractivity contribution is -0.143. The highest BCUT2D eigenvalue weighted by atomic mass is 16.5. The first-order chi connectivity index (χ1) is 34.5. The van der Waals surface area contributed by atoms with Crippen molar-refractivity contribution >= 4 is 11.9 Å². The fourth-order valence-corrected chi connectivity index (χ4v) is 9.87. The molecule has 0 aliphatic rings. The van der Waals surface area contributed by atoms with Gasteiger partial charge in [-0.3, -0.25) is 9.59 Å². The summed E-state index contributed by atoms with van der Waals surface area (Å²) in [5.41, 5.74) is 0. The fourth-order valence-electron chi connectivity index (χ4n) is 9.87. The molecule has 70 heavy (non-hydrogen) atoms. The van der Waals surface area contributed by atoms with Gasteiger partial charge in [-0.05, 0) is 57.8 Å². The zero-order valence-electron chi connectivity index (χ0n) is 47.3. The molecule has 3 N–H and O–H groups in total. The molecule has 2 atom stereocenters. The molecule has 0 bridgehead atoms. The number of allylic oxidation sites excluding steroid dienone is 3. The normalized spacial score (nSPS) is 12.7. The second kappa shape index (κ2) is 59.9. The van der Waals surface area contributed by atoms with Crippen molar-refractivity contribution in [1.82, 2.24) is 5.32 Å². The molecule has 0 aliphatic carbocycles. The largest absolute Gasteiger partial charge is 0.466 e. The lowest BCUT2D eigenvalue weighted by atomic mass is 10.0. The van der Waals surface area contributed by atoms with Crippen LogP contribution in [-0.4, -0.2) is 47.4 Å². The van der Waals surface area contributed by atoms with Gasteiger partial charge in [-0.1, -0.05) is 301 Å². The predicted octanol–water partition coefficient (Wildman–Crippen LogP) is 19.8. The van der Waals surface area contributed by atoms with Gasteiger partial charge in [-0.2, -0.15) is 0 Å². The minimum Gasteiger partial charge on any atom is -0.466 e. The summed E-state index contributed by atoms with van der Waals surface area (Å²) in [6.45, 7) is 4.89. The summed E-state index contributed by atoms with van der Waals surface area (Å²) in [5, 5.41) is 23.1. The SMILES string of the molecule is CCCCC/C=C\CCCCCCCC(=O)OCCCCCCCCCCCCCCCCCCCCCCCCCCCCCCCC(=O)NC(CO)C(O)/C=C/CCCCCCCCCCCC. The van der Waals surface area contributed by atoms with Crippen LogP contribution in [0.2, 0.25) is 0 Å². The van der Waals surface area contributed by atoms with Crippen LogP contribution in [0, 0.1) is 0 Å². The minimum atomic E-state index is -0.840. The topological polar surface area (TPSA) is 95.9 Å². The molecule has 1 amide bonds. The number of ether oxygens (including phenoxy) is 1. The van der Waals surface area contributed by atoms with Gasteiger partial charge in [0.25, 0.3) is 0 Å². The molecule has 6 heteroatoms. The summed E-state index contributed by atoms with van der Waals surface area (Å²) in [7, 11) is 0. The van der Waals surface area contributed by atoms with E-state index < -0.39 is 12.1 Å². The number of aliphatic hydroxyl groups is 2. The molecule has 0 saturated heterocycles. The highest BCUT2D eigenvalue weighted by Gasteiger charge is 2.18. The molecule has 414 valence electrons. The van der Waals surface area contributed by atoms with Crippen LogP contribution < -0.4 is 5.32 Å². The summed E-state index contributed by atoms with van der Waals surface area (Å²) < 4.78 is 5.47. The molecule has 0 saturated carbocycles. The number of hydrogen-bond donors (Lipinski definition) is 3. The van der Waals surface area contributed by atoms with Gasteiger partial charge in [-0.25, -0.2) is 0 Å². The maximum Gasteiger partial charge on any atom is 0.305 e. The zero-order chi connectivity index (χ0) is 50.7. The van der Waals surface area contributed by atoms with E-state index in [0.717, 1.165) is 44.9 Å². The van der Waals surface area contributed by atoms with Crippen LogP contribution in [0.4, 0.5) is 0 Å². The Morgan fingerprint density at radius 2 is 0.671 bits per heavy atom. The van der Waals surface area contributed by atoms with Crippen LogP contribution >= 0.6 is 0 Å². The smallest absolute Gasteiger partial charge is 0.305 e. The average molecular weight is 987 g/mol. The first-order valence-corrected chi connectivity index (χ1v) is 31.6. The van der Waals surface area contributed by atoms with Crippen molar-refractivity contribution in [1.29, 1.82) is 0 Å². The van der Waals surface area contributed by atoms with Crippen LogP contribution in [0.15, 0.2) is 24.3 Å². The maximum absolute atomic E-state index is 12.4. The van der Waals surface area contributed by atoms with Gasteiger partial charge in [0, 0.05) is 12.8 Å². The molecular weight excluding hydrogens is 863 g/mol. The van der Waals surface area contributed by atoms with E-state index in [2.05, 4.69) is 31.3 Å². The molecule has 0 aromatic heterocycles. The van der Waals surface area contributed by atoms with Gasteiger partial charge >= 0.3 is 5.97 Å². The second-order valence-electron chi connectivity index (χ2n) is 21.7. The lowest BCUT2D eigenvalue weighted by Crippen LogP contribution is -2.45. The third-order valence-corrected chi connectivity index (χ3v) is 14.7. The number of carbonyl (C=O) groups excluding carboxylic acids is 2. The Bertz CT molecular complexity index is 1090. The van der Waals surface area contributed by atoms with E-state index in [9.17, 15) is 19.8 Å². The molecule has 0 aromatic carbocycles. The highest BCUT2D eigenvalue weighted by Crippen LogP contribution is 2.18. The number of rotatable bonds is 59. The van der Waals surface area contributed by atoms with E-state index in [0.29, 0.717) is 19.4 Å². The van der Waals surface area contributed by atoms with Gasteiger partial charge in [0.1, 0.15) is 0 Å². The van der Waals surface area contributed by atoms with Crippen molar-refractivity contribution < 1.29 is 24.5 Å². The van der Waals surface area contributed by atoms with Crippen molar-refractivity contribution in [3.05, 3.63) is 24.3 Å². The van der Waals surface area contributed by atoms with Crippen molar-refractivity contribution in [2.45, 2.75) is 360 Å². The number of esters is 1. The quantitative estimate of drug-likeness (QED) is 0.0321. The Kier molecular flexibility index (Phi) is 58.5. The van der Waals surface area contributed by atoms with Gasteiger partial charge in [0.15, 0.2) is 0 Å². The van der Waals surface area contributed by atoms with Crippen LogP contribution in [0.1, 0.15) is 348 Å². The number of hydrogen-bond acceptors (Lipinski definition) is 5. The van der Waals surface area contributed by atoms with E-state index in [1.54, 1.807) is 6.08 Å². The summed E-state index contributed by atoms with van der Waals surface area (Å²) in [5.74, 6) is -0.0549. The summed E-state index contributed by atoms with van der Waals surface area (Å²) >= 11 is 0. The number of aliphatic hydroxyl groups excluding tert-OH is 2. The van der Waals surface area contributed by atoms with E-state index >= 15 is 0 Å². The molecule has 0 fully saturated rings. The molecular formula is C64H123NO5. The first-order valence-electron chi connectivity index (χ1n) is 31.6. The number of nitrogens with one attached hydrogen (secondary N) is 1. The lowest BCUT2D eigenvalue weighted by Gasteiger charge is -2.20. The van der Waals surface area contributed by atoms with Crippen LogP contribution in [0.3, 0.4) is 0 Å². The maximum atomic E-state index is 12.4. The second-order valence-corrected chi connectivity index (χ2v) is 21.7. The van der Waals surface area contributed by atoms with Crippen molar-refractivity contribution in [3.8, 4) is 0 Å². The Labute approximate surface area is 437 Å². The van der Waals surface area contributed by atoms with Crippen molar-refractivity contribution in [2.75, 3.05) is 13.2 Å². The summed E-state index contributed by atoms with van der Waals surface area (Å²) in [6, 6.07) is -0.623. The fraction of sp³-hybridized carbons (Fsp3) is 0.906. The average Bonchev–Trinajstić information content (AvgIpc) is 3.36.